The molecule has 2 N–H and O–H groups in total. The van der Waals surface area contributed by atoms with Gasteiger partial charge < -0.3 is 5.73 Å². The van der Waals surface area contributed by atoms with Gasteiger partial charge in [-0.3, -0.25) is 10.1 Å². The molecule has 0 saturated heterocycles. The lowest BCUT2D eigenvalue weighted by molar-refractivity contribution is -0.384. The monoisotopic (exact) mass is 346 g/mol. The number of hydrogen-bond donors (Lipinski definition) is 1. The molecule has 21 heavy (non-hydrogen) atoms. The van der Waals surface area contributed by atoms with Gasteiger partial charge in [0.05, 0.1) is 27.6 Å². The van der Waals surface area contributed by atoms with Gasteiger partial charge in [0.25, 0.3) is 0 Å². The summed E-state index contributed by atoms with van der Waals surface area (Å²) in [5.41, 5.74) is 5.17. The molecule has 2 atom stereocenters. The number of nitrogens with two attached hydrogens (primary N) is 1. The average Bonchev–Trinajstić information content (AvgIpc) is 2.69. The Labute approximate surface area is 127 Å². The Balaban J connectivity index is 2.28. The lowest BCUT2D eigenvalue weighted by Gasteiger charge is -2.37. The summed E-state index contributed by atoms with van der Waals surface area (Å²) in [5, 5.41) is 12.5. The van der Waals surface area contributed by atoms with Crippen molar-refractivity contribution in [3.05, 3.63) is 16.3 Å². The smallest absolute Gasteiger partial charge is 0.378 e. The minimum absolute atomic E-state index is 0.272. The summed E-state index contributed by atoms with van der Waals surface area (Å²) in [4.78, 5) is 9.99. The van der Waals surface area contributed by atoms with Crippen LogP contribution in [-0.2, 0) is 0 Å². The van der Waals surface area contributed by atoms with Crippen LogP contribution in [0.15, 0.2) is 6.20 Å². The Morgan fingerprint density at radius 2 is 1.90 bits per heavy atom. The van der Waals surface area contributed by atoms with Gasteiger partial charge >= 0.3 is 11.9 Å². The predicted octanol–water partition coefficient (Wildman–Crippen LogP) is 3.10. The molecule has 1 fully saturated rings. The van der Waals surface area contributed by atoms with Crippen molar-refractivity contribution in [3.8, 4) is 0 Å². The van der Waals surface area contributed by atoms with Gasteiger partial charge in [-0.25, -0.2) is 4.68 Å². The van der Waals surface area contributed by atoms with Crippen molar-refractivity contribution in [2.24, 2.45) is 5.92 Å². The molecule has 1 saturated carbocycles. The molecule has 0 radical (unpaired) electrons. The molecule has 1 heterocycles. The van der Waals surface area contributed by atoms with E-state index in [1.165, 1.54) is 0 Å². The van der Waals surface area contributed by atoms with Crippen molar-refractivity contribution in [2.75, 3.05) is 5.73 Å². The molecule has 1 aliphatic rings. The highest BCUT2D eigenvalue weighted by Gasteiger charge is 2.49. The molecule has 2 unspecified atom stereocenters. The topological polar surface area (TPSA) is 87.0 Å². The standard InChI is InChI=1S/C10H11Cl2F3N4O2/c11-5-1-4(10(13,14)15)2-6(12)8(5)18-9(16)7(3-17-18)19(20)21/h3-6,8H,1-2,16H2. The molecule has 1 aromatic rings. The third kappa shape index (κ3) is 3.03. The molecule has 1 aliphatic carbocycles. The van der Waals surface area contributed by atoms with E-state index in [2.05, 4.69) is 5.10 Å². The summed E-state index contributed by atoms with van der Waals surface area (Å²) < 4.78 is 39.3. The average molecular weight is 347 g/mol. The molecule has 0 amide bonds. The van der Waals surface area contributed by atoms with E-state index in [4.69, 9.17) is 28.9 Å². The molecule has 0 bridgehead atoms. The number of rotatable bonds is 2. The number of anilines is 1. The van der Waals surface area contributed by atoms with Crippen LogP contribution in [0.2, 0.25) is 0 Å². The van der Waals surface area contributed by atoms with Crippen LogP contribution in [0.1, 0.15) is 18.9 Å². The maximum Gasteiger partial charge on any atom is 0.391 e. The van der Waals surface area contributed by atoms with E-state index >= 15 is 0 Å². The number of aromatic nitrogens is 2. The number of nitrogens with zero attached hydrogens (tertiary/aromatic N) is 3. The van der Waals surface area contributed by atoms with Crippen LogP contribution in [0.3, 0.4) is 0 Å². The number of hydrogen-bond acceptors (Lipinski definition) is 4. The first kappa shape index (κ1) is 16.2. The molecule has 0 aromatic carbocycles. The first-order valence-corrected chi connectivity index (χ1v) is 6.82. The van der Waals surface area contributed by atoms with Gasteiger partial charge in [-0.15, -0.1) is 23.2 Å². The van der Waals surface area contributed by atoms with Gasteiger partial charge in [0, 0.05) is 0 Å². The fraction of sp³-hybridized carbons (Fsp3) is 0.700. The lowest BCUT2D eigenvalue weighted by atomic mass is 9.84. The molecule has 6 nitrogen and oxygen atoms in total. The molecule has 1 aromatic heterocycles. The second-order valence-electron chi connectivity index (χ2n) is 4.85. The third-order valence-electron chi connectivity index (χ3n) is 3.52. The second kappa shape index (κ2) is 5.53. The van der Waals surface area contributed by atoms with Crippen molar-refractivity contribution < 1.29 is 18.1 Å². The summed E-state index contributed by atoms with van der Waals surface area (Å²) >= 11 is 12.0. The van der Waals surface area contributed by atoms with Gasteiger partial charge in [-0.05, 0) is 12.8 Å². The largest absolute Gasteiger partial charge is 0.391 e. The van der Waals surface area contributed by atoms with Crippen molar-refractivity contribution >= 4 is 34.7 Å². The van der Waals surface area contributed by atoms with E-state index in [0.717, 1.165) is 10.9 Å². The highest BCUT2D eigenvalue weighted by atomic mass is 35.5. The van der Waals surface area contributed by atoms with Gasteiger partial charge in [0.2, 0.25) is 5.82 Å². The highest BCUT2D eigenvalue weighted by Crippen LogP contribution is 2.46. The van der Waals surface area contributed by atoms with E-state index in [0.29, 0.717) is 0 Å². The van der Waals surface area contributed by atoms with Crippen LogP contribution in [0, 0.1) is 16.0 Å². The Morgan fingerprint density at radius 1 is 1.38 bits per heavy atom. The zero-order valence-electron chi connectivity index (χ0n) is 10.4. The maximum absolute atomic E-state index is 12.8. The fourth-order valence-corrected chi connectivity index (χ4v) is 3.53. The molecular formula is C10H11Cl2F3N4O2. The Kier molecular flexibility index (Phi) is 4.25. The van der Waals surface area contributed by atoms with E-state index in [1.54, 1.807) is 0 Å². The van der Waals surface area contributed by atoms with Crippen LogP contribution >= 0.6 is 23.2 Å². The third-order valence-corrected chi connectivity index (χ3v) is 4.39. The van der Waals surface area contributed by atoms with Gasteiger partial charge in [-0.2, -0.15) is 18.3 Å². The van der Waals surface area contributed by atoms with E-state index < -0.39 is 39.5 Å². The first-order chi connectivity index (χ1) is 9.62. The quantitative estimate of drug-likeness (QED) is 0.506. The van der Waals surface area contributed by atoms with Crippen molar-refractivity contribution in [1.82, 2.24) is 9.78 Å². The highest BCUT2D eigenvalue weighted by molar-refractivity contribution is 6.24. The fourth-order valence-electron chi connectivity index (χ4n) is 2.46. The van der Waals surface area contributed by atoms with Crippen LogP contribution in [0.5, 0.6) is 0 Å². The number of nitro groups is 1. The molecule has 0 spiro atoms. The zero-order chi connectivity index (χ0) is 15.9. The molecule has 118 valence electrons. The maximum atomic E-state index is 12.8. The SMILES string of the molecule is Nc1c([N+](=O)[O-])cnn1C1C(Cl)CC(C(F)(F)F)CC1Cl. The molecule has 11 heteroatoms. The summed E-state index contributed by atoms with van der Waals surface area (Å²) in [7, 11) is 0. The van der Waals surface area contributed by atoms with E-state index in [9.17, 15) is 23.3 Å². The van der Waals surface area contributed by atoms with Gasteiger partial charge in [0.1, 0.15) is 6.20 Å². The Hall–Kier alpha value is -1.22. The first-order valence-electron chi connectivity index (χ1n) is 5.95. The van der Waals surface area contributed by atoms with Gasteiger partial charge in [0.15, 0.2) is 0 Å². The van der Waals surface area contributed by atoms with E-state index in [1.807, 2.05) is 0 Å². The minimum Gasteiger partial charge on any atom is -0.378 e. The summed E-state index contributed by atoms with van der Waals surface area (Å²) in [6.07, 6.45) is -4.14. The van der Waals surface area contributed by atoms with Crippen LogP contribution < -0.4 is 5.73 Å². The predicted molar refractivity (Wildman–Crippen MR) is 70.4 cm³/mol. The Bertz CT molecular complexity index is 539. The lowest BCUT2D eigenvalue weighted by Crippen LogP contribution is -2.41. The van der Waals surface area contributed by atoms with Crippen molar-refractivity contribution in [2.45, 2.75) is 35.8 Å². The van der Waals surface area contributed by atoms with Crippen LogP contribution in [0.4, 0.5) is 24.7 Å². The van der Waals surface area contributed by atoms with E-state index in [-0.39, 0.29) is 18.7 Å². The molecular weight excluding hydrogens is 336 g/mol. The minimum atomic E-state index is -4.38. The second-order valence-corrected chi connectivity index (χ2v) is 5.97. The van der Waals surface area contributed by atoms with Crippen LogP contribution in [0.25, 0.3) is 0 Å². The Morgan fingerprint density at radius 3 is 2.29 bits per heavy atom. The van der Waals surface area contributed by atoms with Crippen molar-refractivity contribution in [3.63, 3.8) is 0 Å². The number of halogens is 5. The van der Waals surface area contributed by atoms with Crippen molar-refractivity contribution in [1.29, 1.82) is 0 Å². The summed E-state index contributed by atoms with van der Waals surface area (Å²) in [6.45, 7) is 0. The normalized spacial score (nSPS) is 30.3. The summed E-state index contributed by atoms with van der Waals surface area (Å²) in [5.74, 6) is -1.88. The summed E-state index contributed by atoms with van der Waals surface area (Å²) in [6, 6.07) is -0.833. The molecule has 0 aliphatic heterocycles. The zero-order valence-corrected chi connectivity index (χ0v) is 11.9. The molecule has 2 rings (SSSR count). The number of nitrogen functional groups attached to an aromatic ring is 1. The number of alkyl halides is 5. The van der Waals surface area contributed by atoms with Gasteiger partial charge in [-0.1, -0.05) is 0 Å². The van der Waals surface area contributed by atoms with Crippen LogP contribution in [-0.4, -0.2) is 31.6 Å².